The molecule has 2 N–H and O–H groups in total. The first-order valence-electron chi connectivity index (χ1n) is 7.94. The molecule has 3 aromatic rings. The number of hydrogen-bond acceptors (Lipinski definition) is 4. The van der Waals surface area contributed by atoms with Gasteiger partial charge in [-0.1, -0.05) is 54.6 Å². The number of thioether (sulfide) groups is 1. The highest BCUT2D eigenvalue weighted by Crippen LogP contribution is 2.22. The average molecular weight is 391 g/mol. The van der Waals surface area contributed by atoms with Gasteiger partial charge >= 0.3 is 0 Å². The van der Waals surface area contributed by atoms with E-state index in [9.17, 15) is 9.18 Å². The first-order chi connectivity index (χ1) is 12.5. The molecule has 0 aliphatic heterocycles. The number of rotatable bonds is 6. The summed E-state index contributed by atoms with van der Waals surface area (Å²) in [5.74, 6) is -0.215. The third-order valence-electron chi connectivity index (χ3n) is 3.64. The van der Waals surface area contributed by atoms with Crippen LogP contribution in [0.15, 0.2) is 47.6 Å². The minimum absolute atomic E-state index is 0.0507. The molecule has 1 amide bonds. The van der Waals surface area contributed by atoms with Crippen LogP contribution < -0.4 is 5.32 Å². The topological polar surface area (TPSA) is 70.7 Å². The highest BCUT2D eigenvalue weighted by Gasteiger charge is 2.11. The van der Waals surface area contributed by atoms with Crippen LogP contribution >= 0.6 is 23.4 Å². The van der Waals surface area contributed by atoms with Crippen LogP contribution in [0.25, 0.3) is 11.4 Å². The minimum Gasteiger partial charge on any atom is -0.323 e. The van der Waals surface area contributed by atoms with E-state index in [1.165, 1.54) is 23.8 Å². The Morgan fingerprint density at radius 1 is 1.27 bits per heavy atom. The van der Waals surface area contributed by atoms with Gasteiger partial charge < -0.3 is 5.32 Å². The van der Waals surface area contributed by atoms with Crippen LogP contribution in [0.1, 0.15) is 12.5 Å². The fourth-order valence-corrected chi connectivity index (χ4v) is 3.02. The number of carbonyl (C=O) groups excluding carboxylic acids is 1. The van der Waals surface area contributed by atoms with Gasteiger partial charge in [0.1, 0.15) is 5.82 Å². The number of benzene rings is 2. The Hall–Kier alpha value is -2.38. The fraction of sp³-hybridized carbons (Fsp3) is 0.167. The largest absolute Gasteiger partial charge is 0.323 e. The molecule has 1 aromatic heterocycles. The summed E-state index contributed by atoms with van der Waals surface area (Å²) in [5.41, 5.74) is 2.22. The summed E-state index contributed by atoms with van der Waals surface area (Å²) in [4.78, 5) is 16.4. The molecule has 0 bridgehead atoms. The summed E-state index contributed by atoms with van der Waals surface area (Å²) in [6.45, 7) is 2.10. The quantitative estimate of drug-likeness (QED) is 0.605. The number of nitrogens with one attached hydrogen (secondary N) is 2. The fourth-order valence-electron chi connectivity index (χ4n) is 2.25. The van der Waals surface area contributed by atoms with Crippen molar-refractivity contribution in [1.82, 2.24) is 15.2 Å². The summed E-state index contributed by atoms with van der Waals surface area (Å²) in [6.07, 6.45) is 0.972. The van der Waals surface area contributed by atoms with Crippen LogP contribution in [0.4, 0.5) is 10.1 Å². The van der Waals surface area contributed by atoms with E-state index in [0.29, 0.717) is 16.0 Å². The zero-order valence-electron chi connectivity index (χ0n) is 13.9. The molecule has 0 unspecified atom stereocenters. The molecule has 0 saturated carbocycles. The van der Waals surface area contributed by atoms with Crippen molar-refractivity contribution >= 4 is 35.0 Å². The molecule has 5 nitrogen and oxygen atoms in total. The van der Waals surface area contributed by atoms with E-state index in [-0.39, 0.29) is 17.3 Å². The van der Waals surface area contributed by atoms with Crippen molar-refractivity contribution in [3.63, 3.8) is 0 Å². The Bertz CT molecular complexity index is 914. The number of carbonyl (C=O) groups is 1. The Balaban J connectivity index is 1.58. The summed E-state index contributed by atoms with van der Waals surface area (Å²) < 4.78 is 13.6. The molecular formula is C18H16ClFN4OS. The maximum Gasteiger partial charge on any atom is 0.234 e. The molecule has 0 spiro atoms. The van der Waals surface area contributed by atoms with Gasteiger partial charge in [0.05, 0.1) is 11.4 Å². The maximum atomic E-state index is 13.6. The SMILES string of the molecule is CCc1ccc(-c2nc(SCC(=O)Nc3cc(Cl)ccc3F)n[nH]2)cc1. The van der Waals surface area contributed by atoms with Crippen LogP contribution in [0.3, 0.4) is 0 Å². The first kappa shape index (κ1) is 18.4. The number of aromatic nitrogens is 3. The van der Waals surface area contributed by atoms with Gasteiger partial charge in [0.15, 0.2) is 5.82 Å². The molecule has 0 fully saturated rings. The number of hydrogen-bond donors (Lipinski definition) is 2. The average Bonchev–Trinajstić information content (AvgIpc) is 3.12. The monoisotopic (exact) mass is 390 g/mol. The van der Waals surface area contributed by atoms with Crippen molar-refractivity contribution in [2.75, 3.05) is 11.1 Å². The molecular weight excluding hydrogens is 375 g/mol. The van der Waals surface area contributed by atoms with E-state index < -0.39 is 5.82 Å². The zero-order valence-corrected chi connectivity index (χ0v) is 15.5. The first-order valence-corrected chi connectivity index (χ1v) is 9.31. The molecule has 0 saturated heterocycles. The number of nitrogens with zero attached hydrogens (tertiary/aromatic N) is 2. The third kappa shape index (κ3) is 4.62. The molecule has 0 aliphatic carbocycles. The van der Waals surface area contributed by atoms with Crippen LogP contribution in [-0.4, -0.2) is 26.8 Å². The number of H-pyrrole nitrogens is 1. The minimum atomic E-state index is -0.538. The van der Waals surface area contributed by atoms with E-state index in [1.807, 2.05) is 24.3 Å². The van der Waals surface area contributed by atoms with E-state index in [0.717, 1.165) is 23.7 Å². The molecule has 2 aromatic carbocycles. The Labute approximate surface area is 159 Å². The highest BCUT2D eigenvalue weighted by molar-refractivity contribution is 7.99. The smallest absolute Gasteiger partial charge is 0.234 e. The number of amides is 1. The summed E-state index contributed by atoms with van der Waals surface area (Å²) in [6, 6.07) is 12.0. The molecule has 134 valence electrons. The maximum absolute atomic E-state index is 13.6. The zero-order chi connectivity index (χ0) is 18.5. The molecule has 0 atom stereocenters. The Morgan fingerprint density at radius 3 is 2.77 bits per heavy atom. The number of halogens is 2. The third-order valence-corrected chi connectivity index (χ3v) is 4.72. The van der Waals surface area contributed by atoms with Gasteiger partial charge in [0.25, 0.3) is 0 Å². The second-order valence-electron chi connectivity index (χ2n) is 5.48. The highest BCUT2D eigenvalue weighted by atomic mass is 35.5. The summed E-state index contributed by atoms with van der Waals surface area (Å²) in [7, 11) is 0. The van der Waals surface area contributed by atoms with Crippen molar-refractivity contribution in [3.05, 3.63) is 58.9 Å². The molecule has 26 heavy (non-hydrogen) atoms. The van der Waals surface area contributed by atoms with E-state index in [4.69, 9.17) is 11.6 Å². The van der Waals surface area contributed by atoms with Gasteiger partial charge in [-0.15, -0.1) is 5.10 Å². The number of aryl methyl sites for hydroxylation is 1. The summed E-state index contributed by atoms with van der Waals surface area (Å²) in [5, 5.41) is 10.2. The van der Waals surface area contributed by atoms with Crippen LogP contribution in [-0.2, 0) is 11.2 Å². The van der Waals surface area contributed by atoms with E-state index in [2.05, 4.69) is 27.4 Å². The van der Waals surface area contributed by atoms with Gasteiger partial charge in [-0.3, -0.25) is 9.89 Å². The van der Waals surface area contributed by atoms with E-state index in [1.54, 1.807) is 0 Å². The predicted molar refractivity (Wildman–Crippen MR) is 102 cm³/mol. The lowest BCUT2D eigenvalue weighted by Crippen LogP contribution is -2.15. The predicted octanol–water partition coefficient (Wildman–Crippen LogP) is 4.56. The van der Waals surface area contributed by atoms with E-state index >= 15 is 0 Å². The van der Waals surface area contributed by atoms with Crippen molar-refractivity contribution in [1.29, 1.82) is 0 Å². The molecule has 0 aliphatic rings. The molecule has 1 heterocycles. The van der Waals surface area contributed by atoms with Gasteiger partial charge in [0, 0.05) is 10.6 Å². The lowest BCUT2D eigenvalue weighted by atomic mass is 10.1. The second kappa shape index (κ2) is 8.33. The van der Waals surface area contributed by atoms with Crippen molar-refractivity contribution in [3.8, 4) is 11.4 Å². The normalized spacial score (nSPS) is 10.7. The Morgan fingerprint density at radius 2 is 2.04 bits per heavy atom. The van der Waals surface area contributed by atoms with Gasteiger partial charge in [-0.25, -0.2) is 9.37 Å². The van der Waals surface area contributed by atoms with Crippen molar-refractivity contribution in [2.24, 2.45) is 0 Å². The summed E-state index contributed by atoms with van der Waals surface area (Å²) >= 11 is 6.97. The lowest BCUT2D eigenvalue weighted by Gasteiger charge is -2.05. The van der Waals surface area contributed by atoms with Gasteiger partial charge in [-0.05, 0) is 30.2 Å². The number of aromatic amines is 1. The molecule has 0 radical (unpaired) electrons. The van der Waals surface area contributed by atoms with Crippen LogP contribution in [0.5, 0.6) is 0 Å². The Kier molecular flexibility index (Phi) is 5.90. The van der Waals surface area contributed by atoms with Crippen LogP contribution in [0, 0.1) is 5.82 Å². The second-order valence-corrected chi connectivity index (χ2v) is 6.86. The molecule has 3 rings (SSSR count). The standard InChI is InChI=1S/C18H16ClFN4OS/c1-2-11-3-5-12(6-4-11)17-22-18(24-23-17)26-10-16(25)21-15-9-13(19)7-8-14(15)20/h3-9H,2,10H2,1H3,(H,21,25)(H,22,23,24). The van der Waals surface area contributed by atoms with Crippen molar-refractivity contribution in [2.45, 2.75) is 18.5 Å². The van der Waals surface area contributed by atoms with Crippen molar-refractivity contribution < 1.29 is 9.18 Å². The molecule has 8 heteroatoms. The van der Waals surface area contributed by atoms with Gasteiger partial charge in [0.2, 0.25) is 11.1 Å². The lowest BCUT2D eigenvalue weighted by molar-refractivity contribution is -0.113. The van der Waals surface area contributed by atoms with Crippen LogP contribution in [0.2, 0.25) is 5.02 Å². The number of anilines is 1. The van der Waals surface area contributed by atoms with Gasteiger partial charge in [-0.2, -0.15) is 0 Å².